The number of aromatic nitrogens is 2. The molecule has 1 saturated heterocycles. The van der Waals surface area contributed by atoms with Gasteiger partial charge >= 0.3 is 6.09 Å². The molecular formula is C39H41N5O5. The van der Waals surface area contributed by atoms with Gasteiger partial charge in [0.2, 0.25) is 5.91 Å². The van der Waals surface area contributed by atoms with Crippen molar-refractivity contribution in [2.75, 3.05) is 32.1 Å². The summed E-state index contributed by atoms with van der Waals surface area (Å²) in [5, 5.41) is 16.6. The van der Waals surface area contributed by atoms with Crippen molar-refractivity contribution < 1.29 is 23.8 Å². The van der Waals surface area contributed by atoms with E-state index in [4.69, 9.17) is 14.2 Å². The van der Waals surface area contributed by atoms with Gasteiger partial charge in [-0.3, -0.25) is 9.89 Å². The summed E-state index contributed by atoms with van der Waals surface area (Å²) in [7, 11) is 1.29. The summed E-state index contributed by atoms with van der Waals surface area (Å²) in [5.41, 5.74) is 5.18. The summed E-state index contributed by atoms with van der Waals surface area (Å²) < 4.78 is 17.6. The van der Waals surface area contributed by atoms with E-state index in [-0.39, 0.29) is 18.1 Å². The Bertz CT molecular complexity index is 1740. The lowest BCUT2D eigenvalue weighted by Gasteiger charge is -2.31. The number of para-hydroxylation sites is 2. The molecule has 1 aliphatic heterocycles. The molecule has 10 nitrogen and oxygen atoms in total. The number of anilines is 1. The van der Waals surface area contributed by atoms with E-state index in [1.165, 1.54) is 7.11 Å². The van der Waals surface area contributed by atoms with Crippen molar-refractivity contribution in [3.63, 3.8) is 0 Å². The second-order valence-electron chi connectivity index (χ2n) is 11.9. The number of alkyl carbamates (subject to hydrolysis) is 1. The summed E-state index contributed by atoms with van der Waals surface area (Å²) in [6.45, 7) is 1.80. The number of aryl methyl sites for hydroxylation is 1. The Labute approximate surface area is 286 Å². The molecule has 0 spiro atoms. The maximum Gasteiger partial charge on any atom is 0.407 e. The second-order valence-corrected chi connectivity index (χ2v) is 11.9. The van der Waals surface area contributed by atoms with Crippen molar-refractivity contribution in [3.8, 4) is 17.0 Å². The van der Waals surface area contributed by atoms with E-state index < -0.39 is 18.1 Å². The van der Waals surface area contributed by atoms with Gasteiger partial charge < -0.3 is 30.2 Å². The first-order chi connectivity index (χ1) is 24.1. The third-order valence-corrected chi connectivity index (χ3v) is 8.62. The largest absolute Gasteiger partial charge is 0.490 e. The fourth-order valence-electron chi connectivity index (χ4n) is 6.21. The lowest BCUT2D eigenvalue weighted by Crippen LogP contribution is -2.48. The zero-order valence-electron chi connectivity index (χ0n) is 27.4. The smallest absolute Gasteiger partial charge is 0.407 e. The number of nitrogens with one attached hydrogen (secondary N) is 4. The number of methoxy groups -OCH3 is 1. The van der Waals surface area contributed by atoms with Gasteiger partial charge in [0.05, 0.1) is 18.9 Å². The summed E-state index contributed by atoms with van der Waals surface area (Å²) in [4.78, 5) is 26.7. The Hall–Kier alpha value is -5.45. The predicted octanol–water partition coefficient (Wildman–Crippen LogP) is 5.94. The van der Waals surface area contributed by atoms with Crippen LogP contribution in [-0.2, 0) is 20.7 Å². The molecule has 49 heavy (non-hydrogen) atoms. The summed E-state index contributed by atoms with van der Waals surface area (Å²) >= 11 is 0. The molecule has 4 aromatic carbocycles. The lowest BCUT2D eigenvalue weighted by atomic mass is 9.84. The van der Waals surface area contributed by atoms with E-state index in [2.05, 4.69) is 26.1 Å². The Balaban J connectivity index is 1.12. The fraction of sp³-hybridized carbons (Fsp3) is 0.256. The summed E-state index contributed by atoms with van der Waals surface area (Å²) in [5.74, 6) is -0.0500. The Kier molecular flexibility index (Phi) is 11.3. The van der Waals surface area contributed by atoms with Gasteiger partial charge in [0.15, 0.2) is 0 Å². The zero-order valence-corrected chi connectivity index (χ0v) is 27.4. The first kappa shape index (κ1) is 33.5. The van der Waals surface area contributed by atoms with Gasteiger partial charge in [0.25, 0.3) is 0 Å². The van der Waals surface area contributed by atoms with E-state index >= 15 is 0 Å². The number of carbonyl (C=O) groups excluding carboxylic acids is 2. The molecule has 252 valence electrons. The highest BCUT2D eigenvalue weighted by atomic mass is 16.5. The van der Waals surface area contributed by atoms with Crippen molar-refractivity contribution in [2.45, 2.75) is 37.0 Å². The lowest BCUT2D eigenvalue weighted by molar-refractivity contribution is -0.118. The molecule has 1 aliphatic rings. The Morgan fingerprint density at radius 3 is 2.24 bits per heavy atom. The quantitative estimate of drug-likeness (QED) is 0.123. The number of nitrogens with zero attached hydrogens (tertiary/aromatic N) is 1. The van der Waals surface area contributed by atoms with E-state index in [9.17, 15) is 9.59 Å². The van der Waals surface area contributed by atoms with Crippen LogP contribution in [0.2, 0.25) is 0 Å². The van der Waals surface area contributed by atoms with Gasteiger partial charge in [-0.2, -0.15) is 5.10 Å². The molecule has 10 heteroatoms. The molecule has 4 N–H and O–H groups in total. The molecule has 0 bridgehead atoms. The average molecular weight is 660 g/mol. The standard InChI is InChI=1S/C39H41N5O5/c1-47-39(46)43-37(36(28-13-4-2-5-14-28)29-15-6-3-7-16-29)38(45)42-33-18-10-8-12-27(33)20-21-30-24-40-25-31(49-30)26-48-35-19-11-9-17-32(35)34-22-23-41-44-34/h2-19,22-23,30-31,36-37,40H,20-21,24-26H2,1H3,(H,41,44)(H,42,45)(H,43,46)/t30-,31+,37?/m1/s1. The van der Waals surface area contributed by atoms with Crippen LogP contribution in [0.4, 0.5) is 10.5 Å². The second kappa shape index (κ2) is 16.6. The van der Waals surface area contributed by atoms with Crippen molar-refractivity contribution in [1.82, 2.24) is 20.8 Å². The highest BCUT2D eigenvalue weighted by Crippen LogP contribution is 2.31. The maximum atomic E-state index is 14.1. The number of hydrogen-bond acceptors (Lipinski definition) is 7. The molecule has 3 atom stereocenters. The van der Waals surface area contributed by atoms with Gasteiger partial charge in [0.1, 0.15) is 24.5 Å². The summed E-state index contributed by atoms with van der Waals surface area (Å²) in [6, 6.07) is 35.9. The summed E-state index contributed by atoms with van der Waals surface area (Å²) in [6.07, 6.45) is 2.35. The number of rotatable bonds is 13. The first-order valence-electron chi connectivity index (χ1n) is 16.5. The van der Waals surface area contributed by atoms with Crippen LogP contribution in [-0.4, -0.2) is 67.3 Å². The van der Waals surface area contributed by atoms with Gasteiger partial charge in [-0.15, -0.1) is 0 Å². The molecule has 2 heterocycles. The minimum absolute atomic E-state index is 0.0398. The van der Waals surface area contributed by atoms with Crippen LogP contribution in [0.3, 0.4) is 0 Å². The fourth-order valence-corrected chi connectivity index (χ4v) is 6.21. The molecule has 1 fully saturated rings. The molecule has 6 rings (SSSR count). The first-order valence-corrected chi connectivity index (χ1v) is 16.5. The number of benzene rings is 4. The predicted molar refractivity (Wildman–Crippen MR) is 188 cm³/mol. The number of aromatic amines is 1. The van der Waals surface area contributed by atoms with E-state index in [0.717, 1.165) is 46.7 Å². The molecule has 2 amide bonds. The van der Waals surface area contributed by atoms with Crippen LogP contribution in [0.1, 0.15) is 29.0 Å². The van der Waals surface area contributed by atoms with E-state index in [0.29, 0.717) is 25.3 Å². The van der Waals surface area contributed by atoms with Crippen LogP contribution < -0.4 is 20.7 Å². The number of hydrogen-bond donors (Lipinski definition) is 4. The highest BCUT2D eigenvalue weighted by Gasteiger charge is 2.33. The van der Waals surface area contributed by atoms with Crippen molar-refractivity contribution in [1.29, 1.82) is 0 Å². The molecule has 0 radical (unpaired) electrons. The van der Waals surface area contributed by atoms with Gasteiger partial charge in [-0.25, -0.2) is 4.79 Å². The van der Waals surface area contributed by atoms with Crippen molar-refractivity contribution >= 4 is 17.7 Å². The molecule has 0 aliphatic carbocycles. The molecule has 0 saturated carbocycles. The SMILES string of the molecule is COC(=O)NC(C(=O)Nc1ccccc1CC[C@@H]1CNC[C@@H](COc2ccccc2-c2cc[nH]n2)O1)C(c1ccccc1)c1ccccc1. The minimum Gasteiger partial charge on any atom is -0.490 e. The zero-order chi connectivity index (χ0) is 33.8. The van der Waals surface area contributed by atoms with Gasteiger partial charge in [0, 0.05) is 36.5 Å². The van der Waals surface area contributed by atoms with E-state index in [1.54, 1.807) is 6.20 Å². The highest BCUT2D eigenvalue weighted by molar-refractivity contribution is 5.98. The minimum atomic E-state index is -0.949. The van der Waals surface area contributed by atoms with Crippen molar-refractivity contribution in [3.05, 3.63) is 138 Å². The third-order valence-electron chi connectivity index (χ3n) is 8.62. The number of morpholine rings is 1. The third kappa shape index (κ3) is 8.72. The monoisotopic (exact) mass is 659 g/mol. The van der Waals surface area contributed by atoms with Gasteiger partial charge in [-0.05, 0) is 53.8 Å². The maximum absolute atomic E-state index is 14.1. The Morgan fingerprint density at radius 2 is 1.53 bits per heavy atom. The van der Waals surface area contributed by atoms with E-state index in [1.807, 2.05) is 115 Å². The van der Waals surface area contributed by atoms with Crippen LogP contribution >= 0.6 is 0 Å². The van der Waals surface area contributed by atoms with Crippen LogP contribution in [0.25, 0.3) is 11.3 Å². The topological polar surface area (TPSA) is 127 Å². The molecule has 1 aromatic heterocycles. The average Bonchev–Trinajstić information content (AvgIpc) is 3.70. The molecule has 5 aromatic rings. The van der Waals surface area contributed by atoms with Crippen LogP contribution in [0.15, 0.2) is 121 Å². The normalized spacial score (nSPS) is 16.4. The van der Waals surface area contributed by atoms with Gasteiger partial charge in [-0.1, -0.05) is 91.0 Å². The molecular weight excluding hydrogens is 618 g/mol. The number of amides is 2. The van der Waals surface area contributed by atoms with Crippen LogP contribution in [0.5, 0.6) is 5.75 Å². The van der Waals surface area contributed by atoms with Crippen LogP contribution in [0, 0.1) is 0 Å². The number of ether oxygens (including phenoxy) is 3. The van der Waals surface area contributed by atoms with Crippen molar-refractivity contribution in [2.24, 2.45) is 0 Å². The Morgan fingerprint density at radius 1 is 0.857 bits per heavy atom. The molecule has 1 unspecified atom stereocenters. The number of carbonyl (C=O) groups is 2. The number of H-pyrrole nitrogens is 1.